The van der Waals surface area contributed by atoms with Gasteiger partial charge in [-0.25, -0.2) is 9.99 Å². The Kier molecular flexibility index (Phi) is 9.08. The highest BCUT2D eigenvalue weighted by Crippen LogP contribution is 2.39. The van der Waals surface area contributed by atoms with Crippen molar-refractivity contribution in [3.8, 4) is 17.2 Å². The van der Waals surface area contributed by atoms with Crippen LogP contribution in [0.5, 0.6) is 11.5 Å². The Morgan fingerprint density at radius 3 is 2.57 bits per heavy atom. The summed E-state index contributed by atoms with van der Waals surface area (Å²) in [5, 5.41) is 10.3. The minimum Gasteiger partial charge on any atom is -0.497 e. The number of methoxy groups -OCH3 is 2. The highest BCUT2D eigenvalue weighted by atomic mass is 35.5. The topological polar surface area (TPSA) is 86.0 Å². The fourth-order valence-electron chi connectivity index (χ4n) is 7.08. The molecule has 4 aromatic carbocycles. The minimum atomic E-state index is -0.317. The summed E-state index contributed by atoms with van der Waals surface area (Å²) < 4.78 is 12.7. The van der Waals surface area contributed by atoms with E-state index in [0.717, 1.165) is 58.2 Å². The van der Waals surface area contributed by atoms with Crippen molar-refractivity contribution in [3.63, 3.8) is 0 Å². The standard InChI is InChI=1S/C40H35ClN4O4S2/c1-23-8-16-30-35(18-23)51-38-37(30)39(47)44(33-20-28(41)13-17-34(33)49-3)40(42-38)50-22-36(46)45-32(25-11-14-29(48-2)15-12-25)21-31(43-45)27-10-9-24-6-4-5-7-26(24)19-27/h4-7,9-15,17,19-20,23,32H,8,16,18,21-22H2,1-3H3. The van der Waals surface area contributed by atoms with E-state index in [4.69, 9.17) is 31.2 Å². The average Bonchev–Trinajstić information content (AvgIpc) is 3.76. The Hall–Kier alpha value is -4.64. The summed E-state index contributed by atoms with van der Waals surface area (Å²) in [6, 6.07) is 27.1. The van der Waals surface area contributed by atoms with Crippen molar-refractivity contribution in [3.05, 3.63) is 122 Å². The van der Waals surface area contributed by atoms with E-state index in [0.29, 0.717) is 44.2 Å². The number of rotatable bonds is 8. The molecule has 258 valence electrons. The molecule has 3 heterocycles. The van der Waals surface area contributed by atoms with E-state index in [1.165, 1.54) is 16.6 Å². The van der Waals surface area contributed by atoms with E-state index in [-0.39, 0.29) is 23.3 Å². The van der Waals surface area contributed by atoms with Crippen LogP contribution in [0.4, 0.5) is 0 Å². The van der Waals surface area contributed by atoms with E-state index in [1.807, 2.05) is 36.4 Å². The molecule has 6 aromatic rings. The van der Waals surface area contributed by atoms with Gasteiger partial charge in [0.1, 0.15) is 16.3 Å². The number of fused-ring (bicyclic) bond motifs is 4. The lowest BCUT2D eigenvalue weighted by molar-refractivity contribution is -0.130. The molecular formula is C40H35ClN4O4S2. The van der Waals surface area contributed by atoms with Gasteiger partial charge in [0.15, 0.2) is 5.16 Å². The Morgan fingerprint density at radius 1 is 0.980 bits per heavy atom. The zero-order valence-corrected chi connectivity index (χ0v) is 30.8. The van der Waals surface area contributed by atoms with E-state index in [1.54, 1.807) is 53.3 Å². The lowest BCUT2D eigenvalue weighted by atomic mass is 9.89. The first-order valence-electron chi connectivity index (χ1n) is 16.9. The number of hydrogen-bond acceptors (Lipinski definition) is 8. The molecule has 0 N–H and O–H groups in total. The second-order valence-electron chi connectivity index (χ2n) is 13.0. The number of aryl methyl sites for hydroxylation is 1. The first-order valence-corrected chi connectivity index (χ1v) is 19.1. The third kappa shape index (κ3) is 6.30. The first-order chi connectivity index (χ1) is 24.8. The van der Waals surface area contributed by atoms with Gasteiger partial charge in [0.05, 0.1) is 42.8 Å². The molecule has 1 aliphatic carbocycles. The second-order valence-corrected chi connectivity index (χ2v) is 15.5. The van der Waals surface area contributed by atoms with Gasteiger partial charge in [-0.2, -0.15) is 5.10 Å². The Labute approximate surface area is 308 Å². The molecule has 0 spiro atoms. The molecule has 0 saturated carbocycles. The van der Waals surface area contributed by atoms with Crippen LogP contribution < -0.4 is 15.0 Å². The number of ether oxygens (including phenoxy) is 2. The molecule has 2 atom stereocenters. The zero-order valence-electron chi connectivity index (χ0n) is 28.4. The molecule has 2 aromatic heterocycles. The number of aromatic nitrogens is 2. The smallest absolute Gasteiger partial charge is 0.267 e. The van der Waals surface area contributed by atoms with Crippen molar-refractivity contribution in [2.75, 3.05) is 20.0 Å². The predicted molar refractivity (Wildman–Crippen MR) is 206 cm³/mol. The summed E-state index contributed by atoms with van der Waals surface area (Å²) in [4.78, 5) is 35.8. The van der Waals surface area contributed by atoms with Crippen molar-refractivity contribution < 1.29 is 14.3 Å². The van der Waals surface area contributed by atoms with Crippen LogP contribution in [0.1, 0.15) is 47.4 Å². The van der Waals surface area contributed by atoms with Crippen molar-refractivity contribution in [1.29, 1.82) is 0 Å². The van der Waals surface area contributed by atoms with Crippen molar-refractivity contribution in [2.24, 2.45) is 11.0 Å². The summed E-state index contributed by atoms with van der Waals surface area (Å²) in [5.41, 5.74) is 4.14. The Balaban J connectivity index is 1.18. The predicted octanol–water partition coefficient (Wildman–Crippen LogP) is 8.87. The number of nitrogens with zero attached hydrogens (tertiary/aromatic N) is 4. The number of thioether (sulfide) groups is 1. The maximum atomic E-state index is 14.5. The lowest BCUT2D eigenvalue weighted by Gasteiger charge is -2.22. The van der Waals surface area contributed by atoms with Gasteiger partial charge in [-0.3, -0.25) is 14.2 Å². The van der Waals surface area contributed by atoms with E-state index < -0.39 is 0 Å². The van der Waals surface area contributed by atoms with Gasteiger partial charge in [-0.15, -0.1) is 11.3 Å². The molecule has 2 unspecified atom stereocenters. The largest absolute Gasteiger partial charge is 0.497 e. The van der Waals surface area contributed by atoms with Gasteiger partial charge in [-0.1, -0.05) is 78.8 Å². The normalized spacial score (nSPS) is 17.1. The molecule has 0 bridgehead atoms. The molecule has 0 fully saturated rings. The van der Waals surface area contributed by atoms with Crippen LogP contribution in [-0.4, -0.2) is 46.2 Å². The number of hydrogen-bond donors (Lipinski definition) is 0. The Bertz CT molecular complexity index is 2400. The van der Waals surface area contributed by atoms with Gasteiger partial charge in [0.2, 0.25) is 0 Å². The van der Waals surface area contributed by atoms with Crippen LogP contribution in [0.25, 0.3) is 26.7 Å². The van der Waals surface area contributed by atoms with Gasteiger partial charge in [0.25, 0.3) is 11.5 Å². The number of carbonyl (C=O) groups is 1. The number of carbonyl (C=O) groups excluding carboxylic acids is 1. The van der Waals surface area contributed by atoms with Crippen LogP contribution in [0.15, 0.2) is 100.0 Å². The molecule has 1 amide bonds. The summed E-state index contributed by atoms with van der Waals surface area (Å²) in [5.74, 6) is 1.57. The third-order valence-electron chi connectivity index (χ3n) is 9.75. The third-order valence-corrected chi connectivity index (χ3v) is 12.1. The molecule has 0 radical (unpaired) electrons. The van der Waals surface area contributed by atoms with Crippen molar-refractivity contribution in [2.45, 2.75) is 43.8 Å². The molecule has 11 heteroatoms. The average molecular weight is 735 g/mol. The van der Waals surface area contributed by atoms with Gasteiger partial charge in [0, 0.05) is 16.3 Å². The number of benzene rings is 4. The van der Waals surface area contributed by atoms with Crippen LogP contribution in [-0.2, 0) is 17.6 Å². The molecule has 1 aliphatic heterocycles. The molecule has 8 rings (SSSR count). The minimum absolute atomic E-state index is 0.00407. The molecule has 0 saturated heterocycles. The number of hydrazone groups is 1. The molecule has 51 heavy (non-hydrogen) atoms. The van der Waals surface area contributed by atoms with E-state index in [9.17, 15) is 9.59 Å². The van der Waals surface area contributed by atoms with Crippen LogP contribution in [0, 0.1) is 5.92 Å². The molecular weight excluding hydrogens is 700 g/mol. The Morgan fingerprint density at radius 2 is 1.78 bits per heavy atom. The molecule has 8 nitrogen and oxygen atoms in total. The van der Waals surface area contributed by atoms with Crippen LogP contribution in [0.2, 0.25) is 5.02 Å². The zero-order chi connectivity index (χ0) is 35.2. The fraction of sp³-hybridized carbons (Fsp3) is 0.250. The quantitative estimate of drug-likeness (QED) is 0.115. The summed E-state index contributed by atoms with van der Waals surface area (Å²) in [7, 11) is 3.19. The maximum Gasteiger partial charge on any atom is 0.267 e. The van der Waals surface area contributed by atoms with E-state index >= 15 is 0 Å². The van der Waals surface area contributed by atoms with Crippen molar-refractivity contribution in [1.82, 2.24) is 14.6 Å². The van der Waals surface area contributed by atoms with Gasteiger partial charge < -0.3 is 9.47 Å². The summed E-state index contributed by atoms with van der Waals surface area (Å²) in [6.45, 7) is 2.24. The highest BCUT2D eigenvalue weighted by molar-refractivity contribution is 7.99. The number of thiophene rings is 1. The summed E-state index contributed by atoms with van der Waals surface area (Å²) in [6.07, 6.45) is 3.34. The SMILES string of the molecule is COc1ccc(C2CC(c3ccc4ccccc4c3)=NN2C(=O)CSc2nc3sc4c(c3c(=O)n2-c2cc(Cl)ccc2OC)CCC(C)C4)cc1. The van der Waals surface area contributed by atoms with Gasteiger partial charge >= 0.3 is 0 Å². The fourth-order valence-corrected chi connectivity index (χ4v) is 9.53. The lowest BCUT2D eigenvalue weighted by Crippen LogP contribution is -2.29. The number of amides is 1. The monoisotopic (exact) mass is 734 g/mol. The van der Waals surface area contributed by atoms with E-state index in [2.05, 4.69) is 37.3 Å². The van der Waals surface area contributed by atoms with Crippen LogP contribution in [0.3, 0.4) is 0 Å². The second kappa shape index (κ2) is 13.8. The highest BCUT2D eigenvalue weighted by Gasteiger charge is 2.34. The van der Waals surface area contributed by atoms with Crippen molar-refractivity contribution >= 4 is 67.3 Å². The number of halogens is 1. The van der Waals surface area contributed by atoms with Gasteiger partial charge in [-0.05, 0) is 89.0 Å². The van der Waals surface area contributed by atoms with Crippen LogP contribution >= 0.6 is 34.7 Å². The summed E-state index contributed by atoms with van der Waals surface area (Å²) >= 11 is 9.28. The maximum absolute atomic E-state index is 14.5. The molecule has 2 aliphatic rings. The first kappa shape index (κ1) is 33.5.